The van der Waals surface area contributed by atoms with Gasteiger partial charge in [0.15, 0.2) is 0 Å². The van der Waals surface area contributed by atoms with E-state index in [-0.39, 0.29) is 19.5 Å². The Balaban J connectivity index is 0.000000184. The van der Waals surface area contributed by atoms with Crippen LogP contribution in [-0.4, -0.2) is 19.9 Å². The smallest absolute Gasteiger partial charge is 0.236 e. The van der Waals surface area contributed by atoms with Gasteiger partial charge in [-0.25, -0.2) is 19.9 Å². The largest absolute Gasteiger partial charge is 3.00 e. The summed E-state index contributed by atoms with van der Waals surface area (Å²) < 4.78 is 0. The van der Waals surface area contributed by atoms with E-state index in [2.05, 4.69) is 145 Å². The summed E-state index contributed by atoms with van der Waals surface area (Å²) in [6, 6.07) is 37.5. The first kappa shape index (κ1) is 29.6. The molecule has 5 heteroatoms. The molecule has 0 spiro atoms. The molecule has 4 nitrogen and oxygen atoms in total. The molecule has 41 heavy (non-hydrogen) atoms. The predicted octanol–water partition coefficient (Wildman–Crippen LogP) is 8.85. The van der Waals surface area contributed by atoms with Gasteiger partial charge < -0.3 is 0 Å². The van der Waals surface area contributed by atoms with Crippen molar-refractivity contribution in [3.05, 3.63) is 144 Å². The van der Waals surface area contributed by atoms with Gasteiger partial charge in [0.1, 0.15) is 12.7 Å². The molecule has 0 atom stereocenters. The number of aromatic nitrogens is 4. The molecule has 2 heterocycles. The van der Waals surface area contributed by atoms with Crippen molar-refractivity contribution in [1.82, 2.24) is 19.9 Å². The van der Waals surface area contributed by atoms with Gasteiger partial charge in [0.05, 0.1) is 22.8 Å². The molecule has 4 aromatic carbocycles. The van der Waals surface area contributed by atoms with Gasteiger partial charge in [-0.3, -0.25) is 0 Å². The molecule has 201 valence electrons. The summed E-state index contributed by atoms with van der Waals surface area (Å²) in [4.78, 5) is 17.6. The van der Waals surface area contributed by atoms with E-state index in [1.54, 1.807) is 12.7 Å². The van der Waals surface area contributed by atoms with Crippen LogP contribution in [0.25, 0.3) is 45.0 Å². The second-order valence-electron chi connectivity index (χ2n) is 10.1. The molecule has 0 saturated heterocycles. The average Bonchev–Trinajstić information content (AvgIpc) is 2.98. The monoisotopic (exact) mass is 622 g/mol. The molecule has 1 radical (unpaired) electrons. The summed E-state index contributed by atoms with van der Waals surface area (Å²) >= 11 is 0. The number of aryl methyl sites for hydroxylation is 4. The van der Waals surface area contributed by atoms with Crippen LogP contribution in [0.1, 0.15) is 22.3 Å². The van der Waals surface area contributed by atoms with Crippen molar-refractivity contribution in [3.63, 3.8) is 0 Å². The van der Waals surface area contributed by atoms with Crippen LogP contribution >= 0.6 is 0 Å². The van der Waals surface area contributed by atoms with Crippen LogP contribution in [0.5, 0.6) is 0 Å². The van der Waals surface area contributed by atoms with Crippen molar-refractivity contribution >= 4 is 0 Å². The molecule has 6 aromatic rings. The second kappa shape index (κ2) is 13.8. The average molecular weight is 622 g/mol. The van der Waals surface area contributed by atoms with E-state index in [4.69, 9.17) is 0 Å². The zero-order chi connectivity index (χ0) is 27.9. The molecule has 0 aliphatic carbocycles. The first-order chi connectivity index (χ1) is 19.4. The Hall–Kier alpha value is -4.34. The van der Waals surface area contributed by atoms with E-state index in [1.165, 1.54) is 22.3 Å². The molecule has 0 N–H and O–H groups in total. The van der Waals surface area contributed by atoms with E-state index >= 15 is 0 Å². The summed E-state index contributed by atoms with van der Waals surface area (Å²) in [5.41, 5.74) is 13.3. The Morgan fingerprint density at radius 1 is 0.341 bits per heavy atom. The van der Waals surface area contributed by atoms with E-state index in [9.17, 15) is 0 Å². The van der Waals surface area contributed by atoms with E-state index in [1.807, 2.05) is 12.1 Å². The fourth-order valence-corrected chi connectivity index (χ4v) is 4.56. The van der Waals surface area contributed by atoms with Crippen molar-refractivity contribution in [1.29, 1.82) is 0 Å². The maximum absolute atomic E-state index is 4.39. The molecule has 6 rings (SSSR count). The van der Waals surface area contributed by atoms with Crippen LogP contribution < -0.4 is 0 Å². The number of hydrogen-bond donors (Lipinski definition) is 0. The maximum Gasteiger partial charge on any atom is 3.00 e. The maximum atomic E-state index is 4.39. The van der Waals surface area contributed by atoms with Gasteiger partial charge in [0, 0.05) is 22.3 Å². The van der Waals surface area contributed by atoms with Crippen LogP contribution in [0.4, 0.5) is 0 Å². The zero-order valence-electron chi connectivity index (χ0n) is 23.7. The molecule has 0 saturated carbocycles. The van der Waals surface area contributed by atoms with Crippen molar-refractivity contribution in [2.75, 3.05) is 0 Å². The van der Waals surface area contributed by atoms with Crippen molar-refractivity contribution in [2.24, 2.45) is 0 Å². The van der Waals surface area contributed by atoms with Crippen LogP contribution in [0.15, 0.2) is 122 Å². The van der Waals surface area contributed by atoms with Crippen LogP contribution in [0.2, 0.25) is 0 Å². The summed E-state index contributed by atoms with van der Waals surface area (Å²) in [6.07, 6.45) is 3.27. The Bertz CT molecular complexity index is 1510. The third-order valence-corrected chi connectivity index (χ3v) is 6.59. The number of hydrogen-bond acceptors (Lipinski definition) is 4. The van der Waals surface area contributed by atoms with Crippen LogP contribution in [-0.2, 0) is 19.5 Å². The minimum absolute atomic E-state index is 0. The molecule has 0 amide bonds. The molecule has 0 fully saturated rings. The number of rotatable bonds is 4. The third kappa shape index (κ3) is 7.87. The Labute approximate surface area is 255 Å². The molecule has 0 aliphatic rings. The Morgan fingerprint density at radius 2 is 0.585 bits per heavy atom. The molecule has 0 bridgehead atoms. The van der Waals surface area contributed by atoms with Gasteiger partial charge in [-0.1, -0.05) is 95.1 Å². The van der Waals surface area contributed by atoms with Gasteiger partial charge in [-0.15, -0.1) is 0 Å². The van der Waals surface area contributed by atoms with Gasteiger partial charge in [0.25, 0.3) is 0 Å². The molecular weight excluding hydrogens is 589 g/mol. The summed E-state index contributed by atoms with van der Waals surface area (Å²) in [5, 5.41) is 0. The minimum atomic E-state index is 0. The van der Waals surface area contributed by atoms with Crippen molar-refractivity contribution in [3.8, 4) is 45.0 Å². The SMILES string of the molecule is Cc1cccc(-c2cc(-c3cccc(C)c3)ncn2)c1.Cc1cccc(-c2cc(-c3cccc(C)c3)ncn2)c1.[Ru+3]. The molecule has 0 aliphatic heterocycles. The molecule has 0 unspecified atom stereocenters. The van der Waals surface area contributed by atoms with Gasteiger partial charge >= 0.3 is 19.5 Å². The number of nitrogens with zero attached hydrogens (tertiary/aromatic N) is 4. The summed E-state index contributed by atoms with van der Waals surface area (Å²) in [7, 11) is 0. The van der Waals surface area contributed by atoms with E-state index < -0.39 is 0 Å². The second-order valence-corrected chi connectivity index (χ2v) is 10.1. The van der Waals surface area contributed by atoms with Gasteiger partial charge in [-0.05, 0) is 64.1 Å². The van der Waals surface area contributed by atoms with Gasteiger partial charge in [0.2, 0.25) is 0 Å². The quantitative estimate of drug-likeness (QED) is 0.185. The van der Waals surface area contributed by atoms with Crippen molar-refractivity contribution < 1.29 is 19.5 Å². The standard InChI is InChI=1S/2C18H16N2.Ru/c2*1-13-5-3-7-15(9-13)17-11-18(20-12-19-17)16-8-4-6-14(2)10-16;/h2*3-12H,1-2H3;/q;;+3. The summed E-state index contributed by atoms with van der Waals surface area (Å²) in [5.74, 6) is 0. The van der Waals surface area contributed by atoms with E-state index in [0.717, 1.165) is 45.0 Å². The fraction of sp³-hybridized carbons (Fsp3) is 0.111. The Morgan fingerprint density at radius 3 is 0.805 bits per heavy atom. The minimum Gasteiger partial charge on any atom is -0.236 e. The fourth-order valence-electron chi connectivity index (χ4n) is 4.56. The van der Waals surface area contributed by atoms with Gasteiger partial charge in [-0.2, -0.15) is 0 Å². The van der Waals surface area contributed by atoms with Crippen LogP contribution in [0.3, 0.4) is 0 Å². The Kier molecular flexibility index (Phi) is 10.00. The normalized spacial score (nSPS) is 10.2. The molecule has 2 aromatic heterocycles. The van der Waals surface area contributed by atoms with Crippen LogP contribution in [0, 0.1) is 27.7 Å². The first-order valence-electron chi connectivity index (χ1n) is 13.4. The van der Waals surface area contributed by atoms with E-state index in [0.29, 0.717) is 0 Å². The van der Waals surface area contributed by atoms with Crippen molar-refractivity contribution in [2.45, 2.75) is 27.7 Å². The zero-order valence-corrected chi connectivity index (χ0v) is 25.4. The third-order valence-electron chi connectivity index (χ3n) is 6.59. The first-order valence-corrected chi connectivity index (χ1v) is 13.4. The molecular formula is C36H32N4Ru+3. The summed E-state index contributed by atoms with van der Waals surface area (Å²) in [6.45, 7) is 8.36. The topological polar surface area (TPSA) is 51.6 Å². The number of benzene rings is 4. The predicted molar refractivity (Wildman–Crippen MR) is 165 cm³/mol.